The maximum absolute atomic E-state index is 6.23. The first kappa shape index (κ1) is 14.5. The van der Waals surface area contributed by atoms with Crippen LogP contribution in [0.5, 0.6) is 0 Å². The van der Waals surface area contributed by atoms with Gasteiger partial charge in [-0.1, -0.05) is 6.92 Å². The van der Waals surface area contributed by atoms with Crippen molar-refractivity contribution >= 4 is 5.84 Å². The largest absolute Gasteiger partial charge is 0.385 e. The molecule has 3 nitrogen and oxygen atoms in total. The Morgan fingerprint density at radius 1 is 1.35 bits per heavy atom. The summed E-state index contributed by atoms with van der Waals surface area (Å²) in [6.07, 6.45) is 4.38. The summed E-state index contributed by atoms with van der Waals surface area (Å²) in [6.45, 7) is 11.3. The van der Waals surface area contributed by atoms with Crippen LogP contribution in [0.2, 0.25) is 0 Å². The van der Waals surface area contributed by atoms with E-state index in [9.17, 15) is 0 Å². The summed E-state index contributed by atoms with van der Waals surface area (Å²) in [5.41, 5.74) is 5.80. The van der Waals surface area contributed by atoms with Crippen LogP contribution in [0.4, 0.5) is 0 Å². The second-order valence-corrected chi connectivity index (χ2v) is 6.28. The van der Waals surface area contributed by atoms with E-state index >= 15 is 0 Å². The molecule has 2 N–H and O–H groups in total. The number of rotatable bonds is 3. The van der Waals surface area contributed by atoms with Crippen molar-refractivity contribution in [2.24, 2.45) is 16.6 Å². The standard InChI is InChI=1S/C14H28N2O/c1-6-17-14(9-7-11(2)8-10-14)12(15)16-13(3,4)5/h11H,6-10H2,1-5H3,(H2,15,16). The minimum atomic E-state index is -0.297. The molecule has 0 bridgehead atoms. The molecular weight excluding hydrogens is 212 g/mol. The Morgan fingerprint density at radius 2 is 1.88 bits per heavy atom. The molecule has 0 amide bonds. The highest BCUT2D eigenvalue weighted by Gasteiger charge is 2.39. The van der Waals surface area contributed by atoms with Crippen LogP contribution in [0.25, 0.3) is 0 Å². The summed E-state index contributed by atoms with van der Waals surface area (Å²) < 4.78 is 5.97. The van der Waals surface area contributed by atoms with E-state index in [0.717, 1.165) is 18.8 Å². The number of aliphatic imine (C=N–C) groups is 1. The summed E-state index contributed by atoms with van der Waals surface area (Å²) in [7, 11) is 0. The van der Waals surface area contributed by atoms with Gasteiger partial charge in [0.25, 0.3) is 0 Å². The first-order valence-electron chi connectivity index (χ1n) is 6.79. The highest BCUT2D eigenvalue weighted by Crippen LogP contribution is 2.35. The first-order valence-corrected chi connectivity index (χ1v) is 6.79. The lowest BCUT2D eigenvalue weighted by molar-refractivity contribution is -0.0205. The zero-order chi connectivity index (χ0) is 13.1. The van der Waals surface area contributed by atoms with Crippen molar-refractivity contribution in [1.82, 2.24) is 0 Å². The van der Waals surface area contributed by atoms with Gasteiger partial charge in [-0.2, -0.15) is 0 Å². The van der Waals surface area contributed by atoms with Crippen molar-refractivity contribution in [3.05, 3.63) is 0 Å². The molecule has 1 aliphatic carbocycles. The Morgan fingerprint density at radius 3 is 2.29 bits per heavy atom. The highest BCUT2D eigenvalue weighted by molar-refractivity contribution is 5.89. The van der Waals surface area contributed by atoms with Crippen LogP contribution in [0.15, 0.2) is 4.99 Å². The molecule has 0 unspecified atom stereocenters. The highest BCUT2D eigenvalue weighted by atomic mass is 16.5. The topological polar surface area (TPSA) is 47.6 Å². The Labute approximate surface area is 106 Å². The van der Waals surface area contributed by atoms with E-state index in [1.165, 1.54) is 12.8 Å². The Balaban J connectivity index is 2.88. The second kappa shape index (κ2) is 5.38. The van der Waals surface area contributed by atoms with E-state index < -0.39 is 0 Å². The zero-order valence-corrected chi connectivity index (χ0v) is 12.0. The van der Waals surface area contributed by atoms with Gasteiger partial charge in [-0.15, -0.1) is 0 Å². The van der Waals surface area contributed by atoms with Crippen LogP contribution in [-0.2, 0) is 4.74 Å². The molecular formula is C14H28N2O. The van der Waals surface area contributed by atoms with E-state index in [1.54, 1.807) is 0 Å². The molecule has 3 heteroatoms. The van der Waals surface area contributed by atoms with Crippen LogP contribution in [-0.4, -0.2) is 23.6 Å². The number of ether oxygens (including phenoxy) is 1. The lowest BCUT2D eigenvalue weighted by Crippen LogP contribution is -2.49. The van der Waals surface area contributed by atoms with Crippen LogP contribution in [0, 0.1) is 5.92 Å². The van der Waals surface area contributed by atoms with Crippen LogP contribution in [0.3, 0.4) is 0 Å². The van der Waals surface area contributed by atoms with Crippen molar-refractivity contribution in [1.29, 1.82) is 0 Å². The van der Waals surface area contributed by atoms with E-state index in [2.05, 4.69) is 32.7 Å². The maximum atomic E-state index is 6.23. The van der Waals surface area contributed by atoms with Crippen molar-refractivity contribution in [2.45, 2.75) is 71.4 Å². The molecule has 0 atom stereocenters. The van der Waals surface area contributed by atoms with Gasteiger partial charge in [0.05, 0.1) is 5.54 Å². The minimum Gasteiger partial charge on any atom is -0.385 e. The molecule has 1 rings (SSSR count). The van der Waals surface area contributed by atoms with Gasteiger partial charge < -0.3 is 10.5 Å². The minimum absolute atomic E-state index is 0.128. The van der Waals surface area contributed by atoms with Crippen LogP contribution >= 0.6 is 0 Å². The fourth-order valence-electron chi connectivity index (χ4n) is 2.44. The summed E-state index contributed by atoms with van der Waals surface area (Å²) in [5.74, 6) is 1.48. The second-order valence-electron chi connectivity index (χ2n) is 6.28. The average Bonchev–Trinajstić information content (AvgIpc) is 2.19. The van der Waals surface area contributed by atoms with E-state index in [-0.39, 0.29) is 11.1 Å². The molecule has 0 saturated heterocycles. The molecule has 17 heavy (non-hydrogen) atoms. The molecule has 0 spiro atoms. The quantitative estimate of drug-likeness (QED) is 0.608. The lowest BCUT2D eigenvalue weighted by atomic mass is 9.78. The van der Waals surface area contributed by atoms with Gasteiger partial charge in [0.2, 0.25) is 0 Å². The van der Waals surface area contributed by atoms with Gasteiger partial charge in [0, 0.05) is 6.61 Å². The molecule has 100 valence electrons. The molecule has 0 radical (unpaired) electrons. The average molecular weight is 240 g/mol. The summed E-state index contributed by atoms with van der Waals surface area (Å²) in [6, 6.07) is 0. The normalized spacial score (nSPS) is 31.6. The number of nitrogens with two attached hydrogens (primary N) is 1. The molecule has 0 aromatic heterocycles. The zero-order valence-electron chi connectivity index (χ0n) is 12.0. The third-order valence-electron chi connectivity index (χ3n) is 3.43. The summed E-state index contributed by atoms with van der Waals surface area (Å²) >= 11 is 0. The summed E-state index contributed by atoms with van der Waals surface area (Å²) in [4.78, 5) is 4.62. The molecule has 0 aromatic carbocycles. The first-order chi connectivity index (χ1) is 7.79. The number of hydrogen-bond acceptors (Lipinski definition) is 2. The fraction of sp³-hybridized carbons (Fsp3) is 0.929. The van der Waals surface area contributed by atoms with Crippen molar-refractivity contribution in [2.75, 3.05) is 6.61 Å². The van der Waals surface area contributed by atoms with Gasteiger partial charge in [0.1, 0.15) is 11.4 Å². The van der Waals surface area contributed by atoms with E-state index in [4.69, 9.17) is 10.5 Å². The van der Waals surface area contributed by atoms with Crippen molar-refractivity contribution in [3.8, 4) is 0 Å². The Bertz CT molecular complexity index is 270. The molecule has 0 heterocycles. The predicted molar refractivity (Wildman–Crippen MR) is 73.4 cm³/mol. The maximum Gasteiger partial charge on any atom is 0.127 e. The van der Waals surface area contributed by atoms with E-state index in [1.807, 2.05) is 6.92 Å². The Kier molecular flexibility index (Phi) is 4.59. The number of nitrogens with zero attached hydrogens (tertiary/aromatic N) is 1. The van der Waals surface area contributed by atoms with Crippen molar-refractivity contribution in [3.63, 3.8) is 0 Å². The lowest BCUT2D eigenvalue weighted by Gasteiger charge is -2.39. The fourth-order valence-corrected chi connectivity index (χ4v) is 2.44. The monoisotopic (exact) mass is 240 g/mol. The van der Waals surface area contributed by atoms with Crippen LogP contribution in [0.1, 0.15) is 60.3 Å². The molecule has 0 aliphatic heterocycles. The van der Waals surface area contributed by atoms with E-state index in [0.29, 0.717) is 12.4 Å². The number of hydrogen-bond donors (Lipinski definition) is 1. The summed E-state index contributed by atoms with van der Waals surface area (Å²) in [5, 5.41) is 0. The molecule has 0 aromatic rings. The van der Waals surface area contributed by atoms with Gasteiger partial charge in [-0.3, -0.25) is 4.99 Å². The smallest absolute Gasteiger partial charge is 0.127 e. The van der Waals surface area contributed by atoms with Crippen molar-refractivity contribution < 1.29 is 4.74 Å². The van der Waals surface area contributed by atoms with Gasteiger partial charge in [0.15, 0.2) is 0 Å². The van der Waals surface area contributed by atoms with Gasteiger partial charge in [-0.25, -0.2) is 0 Å². The third-order valence-corrected chi connectivity index (χ3v) is 3.43. The van der Waals surface area contributed by atoms with Crippen LogP contribution < -0.4 is 5.73 Å². The molecule has 1 saturated carbocycles. The molecule has 1 fully saturated rings. The molecule has 1 aliphatic rings. The third kappa shape index (κ3) is 3.98. The van der Waals surface area contributed by atoms with Gasteiger partial charge in [-0.05, 0) is 59.3 Å². The number of amidine groups is 1. The Hall–Kier alpha value is -0.570. The SMILES string of the molecule is CCOC1(C(N)=NC(C)(C)C)CCC(C)CC1. The van der Waals surface area contributed by atoms with Gasteiger partial charge >= 0.3 is 0 Å². The predicted octanol–water partition coefficient (Wildman–Crippen LogP) is 3.13.